The van der Waals surface area contributed by atoms with Crippen LogP contribution in [0.15, 0.2) is 82.7 Å². The van der Waals surface area contributed by atoms with E-state index in [1.807, 2.05) is 56.4 Å². The summed E-state index contributed by atoms with van der Waals surface area (Å²) in [7, 11) is 1.96. The first-order valence-electron chi connectivity index (χ1n) is 11.9. The quantitative estimate of drug-likeness (QED) is 0.402. The Hall–Kier alpha value is -4.53. The van der Waals surface area contributed by atoms with Crippen LogP contribution in [0.3, 0.4) is 0 Å². The number of aromatic nitrogens is 1. The lowest BCUT2D eigenvalue weighted by Crippen LogP contribution is -2.28. The third-order valence-corrected chi connectivity index (χ3v) is 6.50. The zero-order chi connectivity index (χ0) is 26.1. The fourth-order valence-electron chi connectivity index (χ4n) is 4.79. The highest BCUT2D eigenvalue weighted by molar-refractivity contribution is 6.33. The number of carboxylic acids is 1. The average Bonchev–Trinajstić information content (AvgIpc) is 3.32. The van der Waals surface area contributed by atoms with Gasteiger partial charge < -0.3 is 10.1 Å². The van der Waals surface area contributed by atoms with E-state index in [-0.39, 0.29) is 30.4 Å². The SMILES string of the molecule is Bc1ccc2[nH]c(=O)c(C3=NN(C(=O)CCC(=O)O)C(c4ccccc4F)C3)c(-c3ccccc3)c2c1. The van der Waals surface area contributed by atoms with Gasteiger partial charge in [0, 0.05) is 34.9 Å². The van der Waals surface area contributed by atoms with Crippen LogP contribution in [0.1, 0.15) is 36.4 Å². The van der Waals surface area contributed by atoms with Crippen molar-refractivity contribution in [1.82, 2.24) is 9.99 Å². The molecule has 0 bridgehead atoms. The molecule has 0 aliphatic carbocycles. The Kier molecular flexibility index (Phi) is 6.44. The maximum Gasteiger partial charge on any atom is 0.303 e. The zero-order valence-electron chi connectivity index (χ0n) is 20.1. The van der Waals surface area contributed by atoms with Gasteiger partial charge in [-0.05, 0) is 17.7 Å². The summed E-state index contributed by atoms with van der Waals surface area (Å²) in [5.74, 6) is -2.18. The number of amides is 1. The van der Waals surface area contributed by atoms with Gasteiger partial charge in [-0.25, -0.2) is 9.40 Å². The summed E-state index contributed by atoms with van der Waals surface area (Å²) >= 11 is 0. The number of hydrogen-bond acceptors (Lipinski definition) is 4. The number of H-pyrrole nitrogens is 1. The van der Waals surface area contributed by atoms with Gasteiger partial charge >= 0.3 is 5.97 Å². The lowest BCUT2D eigenvalue weighted by Gasteiger charge is -2.22. The molecule has 5 rings (SSSR count). The van der Waals surface area contributed by atoms with Crippen LogP contribution in [-0.4, -0.2) is 40.5 Å². The van der Waals surface area contributed by atoms with Crippen molar-refractivity contribution in [3.05, 3.63) is 100 Å². The molecule has 1 amide bonds. The van der Waals surface area contributed by atoms with E-state index >= 15 is 0 Å². The number of hydrogen-bond donors (Lipinski definition) is 2. The van der Waals surface area contributed by atoms with Gasteiger partial charge in [0.15, 0.2) is 0 Å². The highest BCUT2D eigenvalue weighted by Crippen LogP contribution is 2.37. The van der Waals surface area contributed by atoms with E-state index in [1.165, 1.54) is 6.07 Å². The molecule has 0 spiro atoms. The fraction of sp³-hybridized carbons (Fsp3) is 0.143. The number of nitrogens with one attached hydrogen (secondary N) is 1. The van der Waals surface area contributed by atoms with Crippen LogP contribution in [0.5, 0.6) is 0 Å². The third-order valence-electron chi connectivity index (χ3n) is 6.50. The number of carbonyl (C=O) groups excluding carboxylic acids is 1. The maximum atomic E-state index is 14.8. The summed E-state index contributed by atoms with van der Waals surface area (Å²) < 4.78 is 14.8. The summed E-state index contributed by atoms with van der Waals surface area (Å²) in [6.45, 7) is 0. The molecule has 1 atom stereocenters. The molecule has 2 heterocycles. The van der Waals surface area contributed by atoms with Crippen molar-refractivity contribution < 1.29 is 19.1 Å². The number of hydrazone groups is 1. The van der Waals surface area contributed by atoms with E-state index in [9.17, 15) is 18.8 Å². The summed E-state index contributed by atoms with van der Waals surface area (Å²) in [5.41, 5.74) is 3.66. The molecule has 1 aliphatic rings. The number of benzene rings is 3. The van der Waals surface area contributed by atoms with Gasteiger partial charge in [0.05, 0.1) is 23.7 Å². The minimum absolute atomic E-state index is 0.0972. The number of pyridine rings is 1. The number of aromatic amines is 1. The molecular formula is C28H23BFN3O4. The van der Waals surface area contributed by atoms with Gasteiger partial charge in [0.25, 0.3) is 5.56 Å². The van der Waals surface area contributed by atoms with Crippen LogP contribution >= 0.6 is 0 Å². The number of nitrogens with zero attached hydrogens (tertiary/aromatic N) is 2. The van der Waals surface area contributed by atoms with Crippen LogP contribution in [0.25, 0.3) is 22.0 Å². The molecule has 0 saturated carbocycles. The monoisotopic (exact) mass is 495 g/mol. The van der Waals surface area contributed by atoms with Crippen molar-refractivity contribution in [2.75, 3.05) is 0 Å². The predicted octanol–water partition coefficient (Wildman–Crippen LogP) is 3.14. The molecule has 9 heteroatoms. The van der Waals surface area contributed by atoms with Crippen molar-refractivity contribution in [3.8, 4) is 11.1 Å². The highest BCUT2D eigenvalue weighted by Gasteiger charge is 2.36. The number of carbonyl (C=O) groups is 2. The average molecular weight is 495 g/mol. The zero-order valence-corrected chi connectivity index (χ0v) is 20.1. The van der Waals surface area contributed by atoms with E-state index in [0.717, 1.165) is 21.4 Å². The fourth-order valence-corrected chi connectivity index (χ4v) is 4.79. The molecule has 1 aliphatic heterocycles. The second-order valence-electron chi connectivity index (χ2n) is 9.04. The van der Waals surface area contributed by atoms with Crippen molar-refractivity contribution in [2.45, 2.75) is 25.3 Å². The third kappa shape index (κ3) is 4.68. The first-order valence-corrected chi connectivity index (χ1v) is 11.9. The number of fused-ring (bicyclic) bond motifs is 1. The van der Waals surface area contributed by atoms with E-state index < -0.39 is 23.7 Å². The molecule has 184 valence electrons. The van der Waals surface area contributed by atoms with E-state index in [2.05, 4.69) is 10.1 Å². The number of rotatable bonds is 6. The van der Waals surface area contributed by atoms with Crippen molar-refractivity contribution >= 4 is 41.8 Å². The summed E-state index contributed by atoms with van der Waals surface area (Å²) in [4.78, 5) is 40.6. The highest BCUT2D eigenvalue weighted by atomic mass is 19.1. The lowest BCUT2D eigenvalue weighted by atomic mass is 9.88. The first kappa shape index (κ1) is 24.2. The summed E-state index contributed by atoms with van der Waals surface area (Å²) in [6.07, 6.45) is -0.578. The van der Waals surface area contributed by atoms with Crippen molar-refractivity contribution in [2.24, 2.45) is 5.10 Å². The molecule has 0 radical (unpaired) electrons. The summed E-state index contributed by atoms with van der Waals surface area (Å²) in [5, 5.41) is 15.6. The molecule has 4 aromatic rings. The molecule has 1 unspecified atom stereocenters. The van der Waals surface area contributed by atoms with Crippen LogP contribution in [0.4, 0.5) is 4.39 Å². The number of aliphatic carboxylic acids is 1. The lowest BCUT2D eigenvalue weighted by molar-refractivity contribution is -0.141. The topological polar surface area (TPSA) is 103 Å². The normalized spacial score (nSPS) is 15.1. The molecule has 37 heavy (non-hydrogen) atoms. The van der Waals surface area contributed by atoms with Crippen LogP contribution in [-0.2, 0) is 9.59 Å². The molecule has 7 nitrogen and oxygen atoms in total. The van der Waals surface area contributed by atoms with E-state index in [4.69, 9.17) is 5.11 Å². The molecule has 3 aromatic carbocycles. The Morgan fingerprint density at radius 3 is 2.49 bits per heavy atom. The van der Waals surface area contributed by atoms with Crippen LogP contribution in [0, 0.1) is 5.82 Å². The molecule has 1 aromatic heterocycles. The van der Waals surface area contributed by atoms with Gasteiger partial charge in [0.2, 0.25) is 5.91 Å². The van der Waals surface area contributed by atoms with Gasteiger partial charge in [-0.2, -0.15) is 5.10 Å². The second kappa shape index (κ2) is 9.85. The first-order chi connectivity index (χ1) is 17.8. The Labute approximate surface area is 212 Å². The largest absolute Gasteiger partial charge is 0.481 e. The van der Waals surface area contributed by atoms with E-state index in [1.54, 1.807) is 18.2 Å². The molecule has 2 N–H and O–H groups in total. The predicted molar refractivity (Wildman–Crippen MR) is 142 cm³/mol. The van der Waals surface area contributed by atoms with E-state index in [0.29, 0.717) is 22.4 Å². The molecular weight excluding hydrogens is 472 g/mol. The summed E-state index contributed by atoms with van der Waals surface area (Å²) in [6, 6.07) is 20.5. The van der Waals surface area contributed by atoms with Gasteiger partial charge in [0.1, 0.15) is 13.7 Å². The number of carboxylic acid groups (broad SMARTS) is 1. The van der Waals surface area contributed by atoms with Gasteiger partial charge in [-0.15, -0.1) is 0 Å². The number of halogens is 1. The Bertz CT molecular complexity index is 1620. The Morgan fingerprint density at radius 2 is 1.76 bits per heavy atom. The minimum Gasteiger partial charge on any atom is -0.481 e. The van der Waals surface area contributed by atoms with Crippen LogP contribution < -0.4 is 11.0 Å². The Balaban J connectivity index is 1.71. The maximum absolute atomic E-state index is 14.8. The Morgan fingerprint density at radius 1 is 1.03 bits per heavy atom. The molecule has 0 fully saturated rings. The van der Waals surface area contributed by atoms with Crippen LogP contribution in [0.2, 0.25) is 0 Å². The van der Waals surface area contributed by atoms with Gasteiger partial charge in [-0.1, -0.05) is 66.1 Å². The van der Waals surface area contributed by atoms with Gasteiger partial charge in [-0.3, -0.25) is 14.4 Å². The second-order valence-corrected chi connectivity index (χ2v) is 9.04. The minimum atomic E-state index is -1.12. The van der Waals surface area contributed by atoms with Crippen molar-refractivity contribution in [1.29, 1.82) is 0 Å². The molecule has 0 saturated heterocycles. The van der Waals surface area contributed by atoms with Crippen molar-refractivity contribution in [3.63, 3.8) is 0 Å². The smallest absolute Gasteiger partial charge is 0.303 e. The standard InChI is InChI=1S/C28H23BFN3O4/c29-17-10-11-21-19(14-17)26(16-6-2-1-3-7-16)27(28(37)31-21)22-15-23(18-8-4-5-9-20(18)30)33(32-22)24(34)12-13-25(35)36/h1-11,14,23H,12-13,15,29H2,(H,31,37)(H,35,36).